The van der Waals surface area contributed by atoms with Crippen molar-refractivity contribution in [3.05, 3.63) is 76.1 Å². The predicted molar refractivity (Wildman–Crippen MR) is 92.8 cm³/mol. The second-order valence-corrected chi connectivity index (χ2v) is 6.52. The molecule has 2 aromatic carbocycles. The van der Waals surface area contributed by atoms with Gasteiger partial charge >= 0.3 is 0 Å². The van der Waals surface area contributed by atoms with Crippen LogP contribution >= 0.6 is 15.9 Å². The Morgan fingerprint density at radius 1 is 1.12 bits per heavy atom. The first kappa shape index (κ1) is 15.1. The third kappa shape index (κ3) is 2.53. The van der Waals surface area contributed by atoms with E-state index in [1.807, 2.05) is 24.3 Å². The summed E-state index contributed by atoms with van der Waals surface area (Å²) >= 11 is 3.56. The van der Waals surface area contributed by atoms with Gasteiger partial charge in [0.15, 0.2) is 0 Å². The quantitative estimate of drug-likeness (QED) is 0.716. The van der Waals surface area contributed by atoms with Crippen LogP contribution in [-0.2, 0) is 4.79 Å². The van der Waals surface area contributed by atoms with Crippen LogP contribution in [0.3, 0.4) is 0 Å². The summed E-state index contributed by atoms with van der Waals surface area (Å²) in [7, 11) is 0. The highest BCUT2D eigenvalue weighted by molar-refractivity contribution is 9.10. The summed E-state index contributed by atoms with van der Waals surface area (Å²) in [4.78, 5) is 12.2. The van der Waals surface area contributed by atoms with Crippen molar-refractivity contribution in [3.8, 4) is 5.69 Å². The maximum absolute atomic E-state index is 13.2. The van der Waals surface area contributed by atoms with Crippen LogP contribution in [-0.4, -0.2) is 15.7 Å². The third-order valence-electron chi connectivity index (χ3n) is 4.17. The lowest BCUT2D eigenvalue weighted by molar-refractivity contribution is -0.116. The number of hydrogen-bond acceptors (Lipinski definition) is 2. The fourth-order valence-electron chi connectivity index (χ4n) is 3.03. The van der Waals surface area contributed by atoms with Crippen molar-refractivity contribution in [2.24, 2.45) is 0 Å². The lowest BCUT2D eigenvalue weighted by atomic mass is 9.87. The molecular weight excluding hydrogens is 373 g/mol. The number of benzene rings is 2. The Kier molecular flexibility index (Phi) is 3.69. The molecule has 24 heavy (non-hydrogen) atoms. The topological polar surface area (TPSA) is 46.9 Å². The van der Waals surface area contributed by atoms with E-state index in [2.05, 4.69) is 26.3 Å². The molecule has 1 aromatic heterocycles. The molecule has 1 aliphatic rings. The van der Waals surface area contributed by atoms with E-state index in [1.54, 1.807) is 23.0 Å². The second kappa shape index (κ2) is 5.87. The van der Waals surface area contributed by atoms with Gasteiger partial charge in [0.2, 0.25) is 5.91 Å². The zero-order chi connectivity index (χ0) is 16.7. The molecule has 0 aliphatic carbocycles. The van der Waals surface area contributed by atoms with Crippen molar-refractivity contribution in [2.75, 3.05) is 5.32 Å². The highest BCUT2D eigenvalue weighted by Gasteiger charge is 2.31. The number of amides is 1. The Bertz CT molecular complexity index is 920. The fourth-order valence-corrected chi connectivity index (χ4v) is 3.59. The van der Waals surface area contributed by atoms with Crippen molar-refractivity contribution in [1.82, 2.24) is 9.78 Å². The van der Waals surface area contributed by atoms with E-state index in [0.717, 1.165) is 15.6 Å². The molecule has 1 atom stereocenters. The van der Waals surface area contributed by atoms with Gasteiger partial charge in [-0.3, -0.25) is 4.79 Å². The summed E-state index contributed by atoms with van der Waals surface area (Å²) in [6.07, 6.45) is 2.13. The van der Waals surface area contributed by atoms with Crippen LogP contribution in [0.1, 0.15) is 23.5 Å². The molecule has 1 N–H and O–H groups in total. The van der Waals surface area contributed by atoms with Crippen LogP contribution in [0.4, 0.5) is 10.2 Å². The van der Waals surface area contributed by atoms with Crippen LogP contribution in [0.15, 0.2) is 59.2 Å². The van der Waals surface area contributed by atoms with Crippen LogP contribution in [0.5, 0.6) is 0 Å². The van der Waals surface area contributed by atoms with Crippen LogP contribution in [0.25, 0.3) is 5.69 Å². The smallest absolute Gasteiger partial charge is 0.226 e. The van der Waals surface area contributed by atoms with E-state index >= 15 is 0 Å². The number of nitrogens with zero attached hydrogens (tertiary/aromatic N) is 2. The summed E-state index contributed by atoms with van der Waals surface area (Å²) < 4.78 is 15.8. The number of carbonyl (C=O) groups excluding carboxylic acids is 1. The number of fused-ring (bicyclic) bond motifs is 1. The van der Waals surface area contributed by atoms with Gasteiger partial charge in [-0.15, -0.1) is 0 Å². The summed E-state index contributed by atoms with van der Waals surface area (Å²) in [5.41, 5.74) is 2.70. The molecule has 1 aliphatic heterocycles. The molecule has 0 bridgehead atoms. The van der Waals surface area contributed by atoms with E-state index in [9.17, 15) is 9.18 Å². The maximum atomic E-state index is 13.2. The van der Waals surface area contributed by atoms with Crippen LogP contribution in [0.2, 0.25) is 0 Å². The minimum atomic E-state index is -0.310. The zero-order valence-electron chi connectivity index (χ0n) is 12.5. The second-order valence-electron chi connectivity index (χ2n) is 5.66. The van der Waals surface area contributed by atoms with E-state index in [1.165, 1.54) is 12.1 Å². The highest BCUT2D eigenvalue weighted by atomic mass is 79.9. The molecule has 0 spiro atoms. The average Bonchev–Trinajstić information content (AvgIpc) is 2.99. The number of anilines is 1. The van der Waals surface area contributed by atoms with Gasteiger partial charge in [-0.25, -0.2) is 9.07 Å². The molecule has 120 valence electrons. The lowest BCUT2D eigenvalue weighted by Crippen LogP contribution is -2.24. The van der Waals surface area contributed by atoms with Gasteiger partial charge in [0.1, 0.15) is 11.6 Å². The SMILES string of the molecule is O=C1C[C@H](c2ccccc2Br)c2cnn(-c3ccc(F)cc3)c2N1. The molecule has 4 nitrogen and oxygen atoms in total. The number of rotatable bonds is 2. The van der Waals surface area contributed by atoms with Crippen molar-refractivity contribution in [3.63, 3.8) is 0 Å². The van der Waals surface area contributed by atoms with Gasteiger partial charge in [0.25, 0.3) is 0 Å². The highest BCUT2D eigenvalue weighted by Crippen LogP contribution is 2.40. The molecule has 2 heterocycles. The van der Waals surface area contributed by atoms with Gasteiger partial charge in [0, 0.05) is 22.4 Å². The van der Waals surface area contributed by atoms with Gasteiger partial charge in [0.05, 0.1) is 11.9 Å². The standard InChI is InChI=1S/C18H13BrFN3O/c19-16-4-2-1-3-13(16)14-9-17(24)22-18-15(14)10-21-23(18)12-7-5-11(20)6-8-12/h1-8,10,14H,9H2,(H,22,24)/t14-/m1/s1. The minimum absolute atomic E-state index is 0.0629. The van der Waals surface area contributed by atoms with E-state index < -0.39 is 0 Å². The molecule has 0 saturated carbocycles. The van der Waals surface area contributed by atoms with Gasteiger partial charge in [-0.2, -0.15) is 5.10 Å². The molecule has 6 heteroatoms. The van der Waals surface area contributed by atoms with Crippen LogP contribution in [0, 0.1) is 5.82 Å². The molecule has 0 fully saturated rings. The molecule has 0 saturated heterocycles. The fraction of sp³-hybridized carbons (Fsp3) is 0.111. The van der Waals surface area contributed by atoms with Crippen molar-refractivity contribution in [2.45, 2.75) is 12.3 Å². The number of halogens is 2. The van der Waals surface area contributed by atoms with Crippen molar-refractivity contribution in [1.29, 1.82) is 0 Å². The molecular formula is C18H13BrFN3O. The minimum Gasteiger partial charge on any atom is -0.310 e. The molecule has 1 amide bonds. The lowest BCUT2D eigenvalue weighted by Gasteiger charge is -2.24. The number of hydrogen-bond donors (Lipinski definition) is 1. The average molecular weight is 386 g/mol. The van der Waals surface area contributed by atoms with Crippen molar-refractivity contribution < 1.29 is 9.18 Å². The summed E-state index contributed by atoms with van der Waals surface area (Å²) in [6.45, 7) is 0. The van der Waals surface area contributed by atoms with Gasteiger partial charge < -0.3 is 5.32 Å². The summed E-state index contributed by atoms with van der Waals surface area (Å²) in [6, 6.07) is 13.9. The molecule has 0 unspecified atom stereocenters. The number of nitrogens with one attached hydrogen (secondary N) is 1. The van der Waals surface area contributed by atoms with Crippen LogP contribution < -0.4 is 5.32 Å². The largest absolute Gasteiger partial charge is 0.310 e. The first-order valence-corrected chi connectivity index (χ1v) is 8.31. The van der Waals surface area contributed by atoms with Gasteiger partial charge in [-0.05, 0) is 35.9 Å². The van der Waals surface area contributed by atoms with Crippen molar-refractivity contribution >= 4 is 27.7 Å². The summed E-state index contributed by atoms with van der Waals surface area (Å²) in [5.74, 6) is 0.194. The Morgan fingerprint density at radius 3 is 2.62 bits per heavy atom. The molecule has 0 radical (unpaired) electrons. The predicted octanol–water partition coefficient (Wildman–Crippen LogP) is 4.25. The monoisotopic (exact) mass is 385 g/mol. The van der Waals surface area contributed by atoms with E-state index in [4.69, 9.17) is 0 Å². The molecule has 4 rings (SSSR count). The Hall–Kier alpha value is -2.47. The first-order valence-electron chi connectivity index (χ1n) is 7.51. The Labute approximate surface area is 146 Å². The Morgan fingerprint density at radius 2 is 1.88 bits per heavy atom. The maximum Gasteiger partial charge on any atom is 0.226 e. The number of aromatic nitrogens is 2. The van der Waals surface area contributed by atoms with E-state index in [0.29, 0.717) is 17.9 Å². The third-order valence-corrected chi connectivity index (χ3v) is 4.89. The Balaban J connectivity index is 1.83. The summed E-state index contributed by atoms with van der Waals surface area (Å²) in [5, 5.41) is 7.30. The van der Waals surface area contributed by atoms with Gasteiger partial charge in [-0.1, -0.05) is 34.1 Å². The molecule has 3 aromatic rings. The normalized spacial score (nSPS) is 16.6. The number of carbonyl (C=O) groups is 1. The zero-order valence-corrected chi connectivity index (χ0v) is 14.1. The first-order chi connectivity index (χ1) is 11.6. The van der Waals surface area contributed by atoms with E-state index in [-0.39, 0.29) is 17.6 Å².